The number of rotatable bonds is 16. The molecule has 0 unspecified atom stereocenters. The Morgan fingerprint density at radius 3 is 1.77 bits per heavy atom. The van der Waals surface area contributed by atoms with Crippen LogP contribution in [-0.2, 0) is 71.3 Å². The summed E-state index contributed by atoms with van der Waals surface area (Å²) in [5.74, 6) is -6.90. The maximum atomic E-state index is 14.1. The van der Waals surface area contributed by atoms with Crippen molar-refractivity contribution in [2.75, 3.05) is 6.61 Å². The average Bonchev–Trinajstić information content (AvgIpc) is 3.47. The largest absolute Gasteiger partial charge is 0.463 e. The molecule has 26 atom stereocenters. The van der Waals surface area contributed by atoms with Crippen molar-refractivity contribution in [3.8, 4) is 0 Å². The molecule has 9 N–H and O–H groups in total. The fourth-order valence-corrected chi connectivity index (χ4v) is 10.4. The zero-order valence-electron chi connectivity index (χ0n) is 47.5. The zero-order chi connectivity index (χ0) is 58.4. The number of hydrogen-bond acceptors (Lipinski definition) is 24. The van der Waals surface area contributed by atoms with E-state index in [0.29, 0.717) is 32.1 Å². The first-order valence-electron chi connectivity index (χ1n) is 28.9. The van der Waals surface area contributed by atoms with E-state index in [0.717, 1.165) is 51.4 Å². The van der Waals surface area contributed by atoms with Gasteiger partial charge < -0.3 is 98.1 Å². The lowest BCUT2D eigenvalue weighted by molar-refractivity contribution is -0.404. The molecule has 0 radical (unpaired) electrons. The lowest BCUT2D eigenvalue weighted by atomic mass is 9.81. The number of aliphatic hydroxyl groups excluding tert-OH is 9. The van der Waals surface area contributed by atoms with E-state index < -0.39 is 189 Å². The van der Waals surface area contributed by atoms with E-state index in [2.05, 4.69) is 6.92 Å². The number of fused-ring (bicyclic) bond motifs is 4. The van der Waals surface area contributed by atoms with E-state index in [4.69, 9.17) is 52.1 Å². The van der Waals surface area contributed by atoms with Gasteiger partial charge in [-0.2, -0.15) is 0 Å². The van der Waals surface area contributed by atoms with Crippen molar-refractivity contribution < 1.29 is 117 Å². The number of carbonyl (C=O) groups is 4. The van der Waals surface area contributed by atoms with Gasteiger partial charge in [-0.15, -0.1) is 0 Å². The summed E-state index contributed by atoms with van der Waals surface area (Å²) in [6, 6.07) is 0. The molecule has 0 amide bonds. The first-order valence-corrected chi connectivity index (χ1v) is 28.9. The number of esters is 4. The van der Waals surface area contributed by atoms with E-state index in [1.807, 2.05) is 0 Å². The molecular weight excluding hydrogens is 1040 g/mol. The third-order valence-corrected chi connectivity index (χ3v) is 16.4. The van der Waals surface area contributed by atoms with Gasteiger partial charge in [0.15, 0.2) is 37.4 Å². The molecule has 24 nitrogen and oxygen atoms in total. The fourth-order valence-electron chi connectivity index (χ4n) is 10.4. The van der Waals surface area contributed by atoms with Gasteiger partial charge in [-0.1, -0.05) is 78.6 Å². The Bertz CT molecular complexity index is 1860. The second-order valence-electron chi connectivity index (χ2n) is 22.6. The van der Waals surface area contributed by atoms with Crippen LogP contribution < -0.4 is 0 Å². The monoisotopic (exact) mass is 1140 g/mol. The van der Waals surface area contributed by atoms with Gasteiger partial charge in [-0.25, -0.2) is 0 Å². The van der Waals surface area contributed by atoms with Crippen LogP contribution in [0.25, 0.3) is 0 Å². The fraction of sp³-hybridized carbons (Fsp3) is 0.927. The molecule has 0 spiro atoms. The highest BCUT2D eigenvalue weighted by molar-refractivity contribution is 5.73. The maximum Gasteiger partial charge on any atom is 0.311 e. The Morgan fingerprint density at radius 1 is 0.570 bits per heavy atom. The van der Waals surface area contributed by atoms with Crippen molar-refractivity contribution in [3.05, 3.63) is 0 Å². The molecule has 0 aliphatic carbocycles. The third kappa shape index (κ3) is 18.1. The highest BCUT2D eigenvalue weighted by Gasteiger charge is 2.58. The molecule has 5 heterocycles. The predicted molar refractivity (Wildman–Crippen MR) is 274 cm³/mol. The van der Waals surface area contributed by atoms with Crippen LogP contribution in [0, 0.1) is 23.7 Å². The van der Waals surface area contributed by atoms with Crippen LogP contribution in [0.1, 0.15) is 159 Å². The Kier molecular flexibility index (Phi) is 27.0. The Hall–Kier alpha value is -2.76. The van der Waals surface area contributed by atoms with Gasteiger partial charge in [0.2, 0.25) is 0 Å². The topological polar surface area (TPSA) is 352 Å². The molecule has 24 heteroatoms. The van der Waals surface area contributed by atoms with Crippen LogP contribution in [0.2, 0.25) is 0 Å². The molecular formula is C55H94O24. The molecule has 2 bridgehead atoms. The molecule has 5 rings (SSSR count). The van der Waals surface area contributed by atoms with Crippen LogP contribution in [0.15, 0.2) is 0 Å². The van der Waals surface area contributed by atoms with Crippen molar-refractivity contribution in [3.63, 3.8) is 0 Å². The minimum atomic E-state index is -2.05. The normalized spacial score (nSPS) is 40.5. The molecule has 79 heavy (non-hydrogen) atoms. The van der Waals surface area contributed by atoms with Crippen LogP contribution >= 0.6 is 0 Å². The first kappa shape index (κ1) is 67.0. The molecule has 0 aromatic rings. The number of aliphatic hydroxyl groups is 9. The van der Waals surface area contributed by atoms with E-state index in [-0.39, 0.29) is 12.8 Å². The summed E-state index contributed by atoms with van der Waals surface area (Å²) in [5, 5.41) is 101. The van der Waals surface area contributed by atoms with Crippen LogP contribution in [-0.4, -0.2) is 211 Å². The number of unbranched alkanes of at least 4 members (excludes halogenated alkanes) is 2. The van der Waals surface area contributed by atoms with Crippen LogP contribution in [0.5, 0.6) is 0 Å². The van der Waals surface area contributed by atoms with Crippen LogP contribution in [0.3, 0.4) is 0 Å². The van der Waals surface area contributed by atoms with Gasteiger partial charge in [0.1, 0.15) is 67.6 Å². The molecule has 5 fully saturated rings. The van der Waals surface area contributed by atoms with E-state index in [1.165, 1.54) is 34.6 Å². The zero-order valence-corrected chi connectivity index (χ0v) is 47.5. The SMILES string of the molecule is CCCCC[C@H]1CCCCCCCCCC(=O)O[C@@H]2[C@@H](C[C@@H]3O[C@H](C)[C@@H](OC(=O)[C@@H](C)[C@H](C)O)[C@@H](O)[C@@H]3O)[C@H](C)O[C@@H](O[C@H]3[C@H](O[C@H]4[C@H](O1)O[C@H](O)[C@@H](O)[C@@H]4O)O[C@H](COC(=O)[C@H](C)[C@H](C)O)[C@@H](O)[C@@H]3O)[C@H]2OC(=O)[C@@H](C)CC. The summed E-state index contributed by atoms with van der Waals surface area (Å²) < 4.78 is 67.8. The summed E-state index contributed by atoms with van der Waals surface area (Å²) in [7, 11) is 0. The maximum absolute atomic E-state index is 14.1. The summed E-state index contributed by atoms with van der Waals surface area (Å²) in [6.45, 7) is 13.4. The average molecular weight is 1140 g/mol. The molecule has 0 saturated carbocycles. The molecule has 5 saturated heterocycles. The number of ether oxygens (including phenoxy) is 11. The number of carbonyl (C=O) groups excluding carboxylic acids is 4. The summed E-state index contributed by atoms with van der Waals surface area (Å²) in [4.78, 5) is 54.0. The molecule has 0 aromatic heterocycles. The Labute approximate surface area is 463 Å². The predicted octanol–water partition coefficient (Wildman–Crippen LogP) is 1.71. The van der Waals surface area contributed by atoms with Gasteiger partial charge in [-0.3, -0.25) is 19.2 Å². The first-order chi connectivity index (χ1) is 37.4. The highest BCUT2D eigenvalue weighted by Crippen LogP contribution is 2.41. The molecule has 0 aromatic carbocycles. The molecule has 458 valence electrons. The second kappa shape index (κ2) is 31.8. The van der Waals surface area contributed by atoms with Gasteiger partial charge in [0, 0.05) is 12.3 Å². The van der Waals surface area contributed by atoms with Crippen molar-refractivity contribution in [2.45, 2.75) is 294 Å². The van der Waals surface area contributed by atoms with Gasteiger partial charge >= 0.3 is 23.9 Å². The number of hydrogen-bond donors (Lipinski definition) is 9. The lowest BCUT2D eigenvalue weighted by Gasteiger charge is -2.50. The highest BCUT2D eigenvalue weighted by atomic mass is 16.8. The second-order valence-corrected chi connectivity index (χ2v) is 22.6. The van der Waals surface area contributed by atoms with Gasteiger partial charge in [0.25, 0.3) is 0 Å². The Balaban J connectivity index is 1.58. The van der Waals surface area contributed by atoms with Crippen LogP contribution in [0.4, 0.5) is 0 Å². The third-order valence-electron chi connectivity index (χ3n) is 16.4. The smallest absolute Gasteiger partial charge is 0.311 e. The van der Waals surface area contributed by atoms with E-state index >= 15 is 0 Å². The standard InChI is InChI=1S/C55H94O24/c1-10-12-18-21-33-22-19-16-14-13-15-17-20-23-37(58)74-45-34(24-35-38(59)40(61)44(32(9)70-35)75-51(67)28(5)30(7)57)31(8)71-55(48(45)76-49(65)26(3)11-2)78-46-41(62)39(60)36(25-69-50(66)27(4)29(6)56)73-54(46)77-47-42(63)43(64)52(68)79-53(47)72-33/h26-36,38-48,52-57,59-64,68H,10-25H2,1-9H3/t26-,27+,28-,29-,30-,31-,32+,33-,34-,35-,36+,38+,39+,40-,41-,42-,43-,44+,45+,46+,47+,48-,52-,53+,54-,55-/m0/s1. The quantitative estimate of drug-likeness (QED) is 0.0603. The van der Waals surface area contributed by atoms with Gasteiger partial charge in [0.05, 0.1) is 54.4 Å². The lowest BCUT2D eigenvalue weighted by Crippen LogP contribution is -2.67. The van der Waals surface area contributed by atoms with E-state index in [9.17, 15) is 65.1 Å². The summed E-state index contributed by atoms with van der Waals surface area (Å²) >= 11 is 0. The summed E-state index contributed by atoms with van der Waals surface area (Å²) in [6.07, 6.45) is -25.3. The van der Waals surface area contributed by atoms with Gasteiger partial charge in [-0.05, 0) is 73.6 Å². The molecule has 5 aliphatic rings. The molecule has 5 aliphatic heterocycles. The Morgan fingerprint density at radius 2 is 1.14 bits per heavy atom. The van der Waals surface area contributed by atoms with Crippen molar-refractivity contribution >= 4 is 23.9 Å². The minimum absolute atomic E-state index is 0.0459. The minimum Gasteiger partial charge on any atom is -0.463 e. The van der Waals surface area contributed by atoms with Crippen molar-refractivity contribution in [1.29, 1.82) is 0 Å². The van der Waals surface area contributed by atoms with E-state index in [1.54, 1.807) is 20.8 Å². The van der Waals surface area contributed by atoms with Crippen molar-refractivity contribution in [1.82, 2.24) is 0 Å². The van der Waals surface area contributed by atoms with Crippen molar-refractivity contribution in [2.24, 2.45) is 23.7 Å². The summed E-state index contributed by atoms with van der Waals surface area (Å²) in [5.41, 5.74) is 0.